The molecule has 3 rings (SSSR count). The third kappa shape index (κ3) is 4.45. The number of carbonyl (C=O) groups excluding carboxylic acids is 1. The van der Waals surface area contributed by atoms with E-state index in [2.05, 4.69) is 20.5 Å². The molecule has 0 saturated carbocycles. The molecule has 0 saturated heterocycles. The molecule has 0 aliphatic heterocycles. The van der Waals surface area contributed by atoms with E-state index in [9.17, 15) is 22.4 Å². The van der Waals surface area contributed by atoms with E-state index in [1.807, 2.05) is 0 Å². The number of carbonyl (C=O) groups is 1. The van der Waals surface area contributed by atoms with E-state index in [1.165, 1.54) is 4.68 Å². The molecule has 3 aromatic rings. The third-order valence-corrected chi connectivity index (χ3v) is 4.92. The van der Waals surface area contributed by atoms with Gasteiger partial charge in [0, 0.05) is 19.2 Å². The van der Waals surface area contributed by atoms with Gasteiger partial charge in [0.15, 0.2) is 11.3 Å². The number of aromatic nitrogens is 5. The zero-order valence-corrected chi connectivity index (χ0v) is 16.4. The lowest BCUT2D eigenvalue weighted by Gasteiger charge is -2.06. The van der Waals surface area contributed by atoms with E-state index in [0.717, 1.165) is 6.07 Å². The van der Waals surface area contributed by atoms with Gasteiger partial charge in [-0.15, -0.1) is 0 Å². The average Bonchev–Trinajstić information content (AvgIpc) is 3.21. The van der Waals surface area contributed by atoms with Crippen LogP contribution in [0.1, 0.15) is 46.8 Å². The molecule has 29 heavy (non-hydrogen) atoms. The normalized spacial score (nSPS) is 11.8. The molecule has 156 valence electrons. The van der Waals surface area contributed by atoms with Gasteiger partial charge in [-0.25, -0.2) is 27.1 Å². The van der Waals surface area contributed by atoms with E-state index in [1.54, 1.807) is 6.92 Å². The zero-order valence-electron chi connectivity index (χ0n) is 14.8. The predicted molar refractivity (Wildman–Crippen MR) is 96.8 cm³/mol. The number of nitrogens with one attached hydrogen (secondary N) is 1. The van der Waals surface area contributed by atoms with E-state index >= 15 is 0 Å². The van der Waals surface area contributed by atoms with Crippen molar-refractivity contribution in [1.29, 1.82) is 0 Å². The highest BCUT2D eigenvalue weighted by atomic mass is 35.5. The molecule has 3 heterocycles. The Morgan fingerprint density at radius 2 is 1.90 bits per heavy atom. The van der Waals surface area contributed by atoms with Crippen LogP contribution in [-0.2, 0) is 6.54 Å². The van der Waals surface area contributed by atoms with Crippen LogP contribution in [-0.4, -0.2) is 36.8 Å². The van der Waals surface area contributed by atoms with Crippen molar-refractivity contribution in [1.82, 2.24) is 29.7 Å². The van der Waals surface area contributed by atoms with Crippen LogP contribution in [0.2, 0.25) is 10.2 Å². The van der Waals surface area contributed by atoms with Crippen LogP contribution in [0.3, 0.4) is 0 Å². The molecule has 1 amide bonds. The van der Waals surface area contributed by atoms with Gasteiger partial charge in [-0.1, -0.05) is 23.2 Å². The summed E-state index contributed by atoms with van der Waals surface area (Å²) in [6.45, 7) is 2.29. The fraction of sp³-hybridized carbons (Fsp3) is 0.375. The van der Waals surface area contributed by atoms with Gasteiger partial charge in [-0.2, -0.15) is 10.2 Å². The molecular formula is C16H14Cl2F4N6O. The van der Waals surface area contributed by atoms with Crippen molar-refractivity contribution >= 4 is 34.8 Å². The minimum absolute atomic E-state index is 0.205. The Balaban J connectivity index is 1.69. The van der Waals surface area contributed by atoms with Gasteiger partial charge in [-0.05, 0) is 19.4 Å². The second-order valence-corrected chi connectivity index (χ2v) is 6.77. The van der Waals surface area contributed by atoms with Crippen LogP contribution in [0.15, 0.2) is 12.1 Å². The SMILES string of the molecule is Cc1nn(CCCNC(=O)c2cc3nc(C(F)F)cc(C(F)F)n3n2)c(Cl)c1Cl. The maximum atomic E-state index is 13.2. The molecule has 0 bridgehead atoms. The van der Waals surface area contributed by atoms with Crippen molar-refractivity contribution in [3.8, 4) is 0 Å². The van der Waals surface area contributed by atoms with E-state index < -0.39 is 30.1 Å². The summed E-state index contributed by atoms with van der Waals surface area (Å²) >= 11 is 12.0. The van der Waals surface area contributed by atoms with Gasteiger partial charge >= 0.3 is 0 Å². The molecule has 1 N–H and O–H groups in total. The Labute approximate surface area is 171 Å². The Bertz CT molecular complexity index is 1050. The largest absolute Gasteiger partial charge is 0.351 e. The first-order valence-corrected chi connectivity index (χ1v) is 9.08. The zero-order chi connectivity index (χ0) is 21.3. The van der Waals surface area contributed by atoms with E-state index in [0.29, 0.717) is 34.3 Å². The number of amides is 1. The summed E-state index contributed by atoms with van der Waals surface area (Å²) in [6.07, 6.45) is -5.65. The van der Waals surface area contributed by atoms with Crippen LogP contribution in [0.25, 0.3) is 5.65 Å². The van der Waals surface area contributed by atoms with Crippen LogP contribution in [0.5, 0.6) is 0 Å². The minimum Gasteiger partial charge on any atom is -0.351 e. The first-order valence-electron chi connectivity index (χ1n) is 8.32. The first-order chi connectivity index (χ1) is 13.7. The quantitative estimate of drug-likeness (QED) is 0.429. The Morgan fingerprint density at radius 3 is 2.48 bits per heavy atom. The van der Waals surface area contributed by atoms with Gasteiger partial charge in [0.2, 0.25) is 0 Å². The number of nitrogens with zero attached hydrogens (tertiary/aromatic N) is 5. The molecule has 3 aromatic heterocycles. The van der Waals surface area contributed by atoms with E-state index in [-0.39, 0.29) is 23.0 Å². The Kier molecular flexibility index (Phi) is 6.27. The summed E-state index contributed by atoms with van der Waals surface area (Å²) in [6, 6.07) is 1.64. The highest BCUT2D eigenvalue weighted by Crippen LogP contribution is 2.26. The molecule has 0 radical (unpaired) electrons. The predicted octanol–water partition coefficient (Wildman–Crippen LogP) is 4.24. The highest BCUT2D eigenvalue weighted by molar-refractivity contribution is 6.41. The summed E-state index contributed by atoms with van der Waals surface area (Å²) < 4.78 is 54.2. The molecule has 13 heteroatoms. The topological polar surface area (TPSA) is 77.1 Å². The highest BCUT2D eigenvalue weighted by Gasteiger charge is 2.22. The molecule has 0 unspecified atom stereocenters. The molecule has 0 aromatic carbocycles. The Morgan fingerprint density at radius 1 is 1.17 bits per heavy atom. The van der Waals surface area contributed by atoms with Crippen LogP contribution in [0, 0.1) is 6.92 Å². The molecule has 0 fully saturated rings. The maximum Gasteiger partial charge on any atom is 0.280 e. The first kappa shape index (κ1) is 21.3. The van der Waals surface area contributed by atoms with Crippen molar-refractivity contribution in [3.63, 3.8) is 0 Å². The number of aryl methyl sites for hydroxylation is 2. The van der Waals surface area contributed by atoms with Crippen molar-refractivity contribution in [3.05, 3.63) is 45.1 Å². The lowest BCUT2D eigenvalue weighted by atomic mass is 10.3. The molecule has 0 aliphatic rings. The van der Waals surface area contributed by atoms with Crippen LogP contribution < -0.4 is 5.32 Å². The number of hydrogen-bond donors (Lipinski definition) is 1. The van der Waals surface area contributed by atoms with E-state index in [4.69, 9.17) is 23.2 Å². The van der Waals surface area contributed by atoms with Crippen molar-refractivity contribution < 1.29 is 22.4 Å². The monoisotopic (exact) mass is 452 g/mol. The molecule has 7 nitrogen and oxygen atoms in total. The van der Waals surface area contributed by atoms with Crippen LogP contribution in [0.4, 0.5) is 17.6 Å². The van der Waals surface area contributed by atoms with Crippen molar-refractivity contribution in [2.24, 2.45) is 0 Å². The number of rotatable bonds is 7. The van der Waals surface area contributed by atoms with Gasteiger partial charge in [0.1, 0.15) is 21.6 Å². The number of alkyl halides is 4. The average molecular weight is 453 g/mol. The lowest BCUT2D eigenvalue weighted by molar-refractivity contribution is 0.0946. The summed E-state index contributed by atoms with van der Waals surface area (Å²) in [5.41, 5.74) is -1.50. The van der Waals surface area contributed by atoms with Gasteiger partial charge in [-0.3, -0.25) is 9.48 Å². The van der Waals surface area contributed by atoms with Gasteiger partial charge in [0.25, 0.3) is 18.8 Å². The second kappa shape index (κ2) is 8.54. The fourth-order valence-electron chi connectivity index (χ4n) is 2.60. The molecular weight excluding hydrogens is 439 g/mol. The minimum atomic E-state index is -3.07. The smallest absolute Gasteiger partial charge is 0.280 e. The molecule has 0 aliphatic carbocycles. The fourth-order valence-corrected chi connectivity index (χ4v) is 2.99. The summed E-state index contributed by atoms with van der Waals surface area (Å²) in [5, 5.41) is 11.1. The second-order valence-electron chi connectivity index (χ2n) is 6.03. The summed E-state index contributed by atoms with van der Waals surface area (Å²) in [4.78, 5) is 15.8. The number of halogens is 6. The van der Waals surface area contributed by atoms with Crippen LogP contribution >= 0.6 is 23.2 Å². The van der Waals surface area contributed by atoms with Crippen molar-refractivity contribution in [2.75, 3.05) is 6.54 Å². The summed E-state index contributed by atoms with van der Waals surface area (Å²) in [5.74, 6) is -0.657. The molecule has 0 atom stereocenters. The molecule has 0 spiro atoms. The third-order valence-electron chi connectivity index (χ3n) is 3.98. The van der Waals surface area contributed by atoms with Gasteiger partial charge in [0.05, 0.1) is 5.69 Å². The Hall–Kier alpha value is -2.40. The van der Waals surface area contributed by atoms with Gasteiger partial charge < -0.3 is 5.32 Å². The lowest BCUT2D eigenvalue weighted by Crippen LogP contribution is -2.25. The number of fused-ring (bicyclic) bond motifs is 1. The summed E-state index contributed by atoms with van der Waals surface area (Å²) in [7, 11) is 0. The standard InChI is InChI=1S/C16H14Cl2F4N6O/c1-7-12(17)13(18)27(25-7)4-2-3-23-16(29)9-6-11-24-8(14(19)20)5-10(15(21)22)28(11)26-9/h5-6,14-15H,2-4H2,1H3,(H,23,29). The maximum absolute atomic E-state index is 13.2. The number of hydrogen-bond acceptors (Lipinski definition) is 4. The van der Waals surface area contributed by atoms with Crippen molar-refractivity contribution in [2.45, 2.75) is 32.7 Å².